The number of urea groups is 1. The van der Waals surface area contributed by atoms with Gasteiger partial charge in [0.2, 0.25) is 10.0 Å². The number of halogens is 3. The molecule has 0 bridgehead atoms. The number of carbonyl (C=O) groups excluding carboxylic acids is 1. The zero-order chi connectivity index (χ0) is 24.4. The molecule has 0 atom stereocenters. The van der Waals surface area contributed by atoms with Crippen LogP contribution in [0.2, 0.25) is 0 Å². The Bertz CT molecular complexity index is 1250. The number of carbonyl (C=O) groups is 1. The lowest BCUT2D eigenvalue weighted by Crippen LogP contribution is -2.40. The largest absolute Gasteiger partial charge is 0.416 e. The fourth-order valence-electron chi connectivity index (χ4n) is 2.98. The van der Waals surface area contributed by atoms with E-state index in [9.17, 15) is 26.4 Å². The van der Waals surface area contributed by atoms with Crippen LogP contribution in [0, 0.1) is 0 Å². The summed E-state index contributed by atoms with van der Waals surface area (Å²) in [5.41, 5.74) is -0.181. The lowest BCUT2D eigenvalue weighted by molar-refractivity contribution is -0.137. The van der Waals surface area contributed by atoms with E-state index in [1.165, 1.54) is 35.6 Å². The molecule has 3 N–H and O–H groups in total. The monoisotopic (exact) mass is 497 g/mol. The van der Waals surface area contributed by atoms with Crippen molar-refractivity contribution in [1.29, 1.82) is 0 Å². The summed E-state index contributed by atoms with van der Waals surface area (Å²) in [6.45, 7) is 5.10. The first-order valence-electron chi connectivity index (χ1n) is 9.70. The molecule has 0 unspecified atom stereocenters. The summed E-state index contributed by atoms with van der Waals surface area (Å²) in [5.74, 6) is 0. The SMILES string of the molecule is CC(C)(C)NS(=O)(=O)c1ccc(-c2ccsc2)c(NC(=O)Nc2cccc(C(F)(F)F)c2)c1. The lowest BCUT2D eigenvalue weighted by atomic mass is 10.1. The Morgan fingerprint density at radius 2 is 1.70 bits per heavy atom. The number of amides is 2. The van der Waals surface area contributed by atoms with Crippen LogP contribution in [0.1, 0.15) is 26.3 Å². The van der Waals surface area contributed by atoms with Crippen molar-refractivity contribution in [2.75, 3.05) is 10.6 Å². The number of thiophene rings is 1. The summed E-state index contributed by atoms with van der Waals surface area (Å²) in [5, 5.41) is 8.57. The molecule has 0 saturated carbocycles. The third-order valence-electron chi connectivity index (χ3n) is 4.27. The highest BCUT2D eigenvalue weighted by Crippen LogP contribution is 2.33. The van der Waals surface area contributed by atoms with Crippen LogP contribution < -0.4 is 15.4 Å². The second kappa shape index (κ2) is 9.16. The smallest absolute Gasteiger partial charge is 0.308 e. The average molecular weight is 498 g/mol. The van der Waals surface area contributed by atoms with Gasteiger partial charge < -0.3 is 10.6 Å². The van der Waals surface area contributed by atoms with Gasteiger partial charge in [-0.25, -0.2) is 17.9 Å². The summed E-state index contributed by atoms with van der Waals surface area (Å²) >= 11 is 1.42. The summed E-state index contributed by atoms with van der Waals surface area (Å²) < 4.78 is 66.9. The van der Waals surface area contributed by atoms with Gasteiger partial charge >= 0.3 is 12.2 Å². The third kappa shape index (κ3) is 6.56. The van der Waals surface area contributed by atoms with Crippen LogP contribution in [0.15, 0.2) is 64.2 Å². The van der Waals surface area contributed by atoms with Crippen molar-refractivity contribution in [3.8, 4) is 11.1 Å². The minimum atomic E-state index is -4.55. The van der Waals surface area contributed by atoms with E-state index in [4.69, 9.17) is 0 Å². The van der Waals surface area contributed by atoms with Crippen molar-refractivity contribution in [3.05, 3.63) is 64.9 Å². The van der Waals surface area contributed by atoms with Crippen molar-refractivity contribution >= 4 is 38.8 Å². The number of rotatable bonds is 5. The van der Waals surface area contributed by atoms with Crippen LogP contribution >= 0.6 is 11.3 Å². The zero-order valence-electron chi connectivity index (χ0n) is 17.9. The topological polar surface area (TPSA) is 87.3 Å². The van der Waals surface area contributed by atoms with E-state index >= 15 is 0 Å². The molecule has 0 aliphatic carbocycles. The quantitative estimate of drug-likeness (QED) is 0.395. The molecule has 1 heterocycles. The first-order chi connectivity index (χ1) is 15.2. The van der Waals surface area contributed by atoms with Crippen LogP contribution in [-0.2, 0) is 16.2 Å². The standard InChI is InChI=1S/C22H22F3N3O3S2/c1-21(2,3)28-33(30,31)17-7-8-18(14-9-10-32-13-14)19(12-17)27-20(29)26-16-6-4-5-15(11-16)22(23,24)25/h4-13,28H,1-3H3,(H2,26,27,29). The van der Waals surface area contributed by atoms with Crippen molar-refractivity contribution < 1.29 is 26.4 Å². The molecule has 2 amide bonds. The van der Waals surface area contributed by atoms with Gasteiger partial charge in [0.05, 0.1) is 16.1 Å². The summed E-state index contributed by atoms with van der Waals surface area (Å²) in [4.78, 5) is 12.5. The number of anilines is 2. The molecular weight excluding hydrogens is 475 g/mol. The van der Waals surface area contributed by atoms with E-state index in [1.807, 2.05) is 10.8 Å². The molecule has 0 saturated heterocycles. The van der Waals surface area contributed by atoms with E-state index < -0.39 is 33.3 Å². The third-order valence-corrected chi connectivity index (χ3v) is 6.71. The molecule has 0 radical (unpaired) electrons. The van der Waals surface area contributed by atoms with Crippen LogP contribution in [0.25, 0.3) is 11.1 Å². The molecule has 3 aromatic rings. The minimum Gasteiger partial charge on any atom is -0.308 e. The number of nitrogens with one attached hydrogen (secondary N) is 3. The van der Waals surface area contributed by atoms with Gasteiger partial charge in [-0.2, -0.15) is 24.5 Å². The maximum atomic E-state index is 12.9. The Kier molecular flexibility index (Phi) is 6.87. The van der Waals surface area contributed by atoms with E-state index in [1.54, 1.807) is 32.9 Å². The Morgan fingerprint density at radius 3 is 2.30 bits per heavy atom. The molecule has 0 aliphatic heterocycles. The number of hydrogen-bond acceptors (Lipinski definition) is 4. The van der Waals surface area contributed by atoms with E-state index in [2.05, 4.69) is 15.4 Å². The van der Waals surface area contributed by atoms with Gasteiger partial charge in [0.1, 0.15) is 0 Å². The second-order valence-corrected chi connectivity index (χ2v) is 10.7. The Hall–Kier alpha value is -2.89. The highest BCUT2D eigenvalue weighted by atomic mass is 32.2. The fraction of sp³-hybridized carbons (Fsp3) is 0.227. The molecule has 33 heavy (non-hydrogen) atoms. The zero-order valence-corrected chi connectivity index (χ0v) is 19.6. The van der Waals surface area contributed by atoms with Crippen molar-refractivity contribution in [2.24, 2.45) is 0 Å². The molecule has 176 valence electrons. The molecule has 3 rings (SSSR count). The second-order valence-electron chi connectivity index (χ2n) is 8.23. The summed E-state index contributed by atoms with van der Waals surface area (Å²) in [6.07, 6.45) is -4.55. The van der Waals surface area contributed by atoms with Gasteiger partial charge in [0, 0.05) is 16.8 Å². The van der Waals surface area contributed by atoms with Gasteiger partial charge in [-0.15, -0.1) is 0 Å². The number of alkyl halides is 3. The molecule has 1 aromatic heterocycles. The van der Waals surface area contributed by atoms with E-state index in [0.717, 1.165) is 17.7 Å². The van der Waals surface area contributed by atoms with E-state index in [0.29, 0.717) is 5.56 Å². The Morgan fingerprint density at radius 1 is 0.970 bits per heavy atom. The number of hydrogen-bond donors (Lipinski definition) is 3. The van der Waals surface area contributed by atoms with Crippen LogP contribution in [-0.4, -0.2) is 20.0 Å². The molecule has 6 nitrogen and oxygen atoms in total. The van der Waals surface area contributed by atoms with E-state index in [-0.39, 0.29) is 16.3 Å². The summed E-state index contributed by atoms with van der Waals surface area (Å²) in [6, 6.07) is 9.51. The van der Waals surface area contributed by atoms with Gasteiger partial charge in [0.15, 0.2) is 0 Å². The normalized spacial score (nSPS) is 12.4. The Labute approximate surface area is 193 Å². The first-order valence-corrected chi connectivity index (χ1v) is 12.1. The number of sulfonamides is 1. The Balaban J connectivity index is 1.92. The molecule has 0 spiro atoms. The average Bonchev–Trinajstić information content (AvgIpc) is 3.20. The van der Waals surface area contributed by atoms with Gasteiger partial charge in [-0.05, 0) is 73.5 Å². The molecule has 11 heteroatoms. The predicted octanol–water partition coefficient (Wildman–Crippen LogP) is 6.15. The maximum absolute atomic E-state index is 12.9. The molecule has 0 aliphatic rings. The highest BCUT2D eigenvalue weighted by Gasteiger charge is 2.30. The van der Waals surface area contributed by atoms with Crippen LogP contribution in [0.3, 0.4) is 0 Å². The van der Waals surface area contributed by atoms with Crippen molar-refractivity contribution in [3.63, 3.8) is 0 Å². The van der Waals surface area contributed by atoms with Gasteiger partial charge in [-0.3, -0.25) is 0 Å². The summed E-state index contributed by atoms with van der Waals surface area (Å²) in [7, 11) is -3.89. The lowest BCUT2D eigenvalue weighted by Gasteiger charge is -2.21. The van der Waals surface area contributed by atoms with Crippen LogP contribution in [0.5, 0.6) is 0 Å². The highest BCUT2D eigenvalue weighted by molar-refractivity contribution is 7.89. The van der Waals surface area contributed by atoms with Crippen molar-refractivity contribution in [1.82, 2.24) is 4.72 Å². The fourth-order valence-corrected chi connectivity index (χ4v) is 5.08. The minimum absolute atomic E-state index is 0.0578. The predicted molar refractivity (Wildman–Crippen MR) is 124 cm³/mol. The molecule has 0 fully saturated rings. The van der Waals surface area contributed by atoms with Crippen LogP contribution in [0.4, 0.5) is 29.3 Å². The molecule has 2 aromatic carbocycles. The first kappa shape index (κ1) is 24.7. The maximum Gasteiger partial charge on any atom is 0.416 e. The number of benzene rings is 2. The molecular formula is C22H22F3N3O3S2. The van der Waals surface area contributed by atoms with Gasteiger partial charge in [-0.1, -0.05) is 12.1 Å². The van der Waals surface area contributed by atoms with Crippen molar-refractivity contribution in [2.45, 2.75) is 37.4 Å². The van der Waals surface area contributed by atoms with Gasteiger partial charge in [0.25, 0.3) is 0 Å².